The summed E-state index contributed by atoms with van der Waals surface area (Å²) in [7, 11) is 0. The molecular formula is C134H86. The Morgan fingerprint density at radius 1 is 0.104 bits per heavy atom. The van der Waals surface area contributed by atoms with Gasteiger partial charge in [-0.15, -0.1) is 0 Å². The second-order valence-electron chi connectivity index (χ2n) is 34.3. The van der Waals surface area contributed by atoms with Crippen molar-refractivity contribution in [2.45, 2.75) is 0 Å². The molecule has 0 heteroatoms. The van der Waals surface area contributed by atoms with E-state index in [2.05, 4.69) is 364 Å². The van der Waals surface area contributed by atoms with Gasteiger partial charge in [0.1, 0.15) is 0 Å². The normalized spacial score (nSPS) is 13.0. The van der Waals surface area contributed by atoms with Gasteiger partial charge in [0, 0.05) is 0 Å². The van der Waals surface area contributed by atoms with E-state index in [-0.39, 0.29) is 49.0 Å². The van der Waals surface area contributed by atoms with Crippen LogP contribution in [0.3, 0.4) is 0 Å². The van der Waals surface area contributed by atoms with Crippen molar-refractivity contribution in [1.29, 1.82) is 0 Å². The summed E-state index contributed by atoms with van der Waals surface area (Å²) in [6.07, 6.45) is 0. The third-order valence-corrected chi connectivity index (χ3v) is 27.0. The first-order valence-corrected chi connectivity index (χ1v) is 45.3. The van der Waals surface area contributed by atoms with Crippen LogP contribution in [-0.2, 0) is 0 Å². The van der Waals surface area contributed by atoms with Crippen molar-refractivity contribution < 1.29 is 19.2 Å². The van der Waals surface area contributed by atoms with E-state index in [1.54, 1.807) is 12.1 Å². The summed E-state index contributed by atoms with van der Waals surface area (Å²) in [5.74, 6) is 0. The highest BCUT2D eigenvalue weighted by molar-refractivity contribution is 6.29. The minimum Gasteiger partial charge on any atom is -0.0622 e. The van der Waals surface area contributed by atoms with Crippen LogP contribution in [0.4, 0.5) is 0 Å². The van der Waals surface area contributed by atoms with Gasteiger partial charge in [-0.2, -0.15) is 0 Å². The van der Waals surface area contributed by atoms with Gasteiger partial charge in [0.05, 0.1) is 19.2 Å². The van der Waals surface area contributed by atoms with E-state index in [1.165, 1.54) is 192 Å². The van der Waals surface area contributed by atoms with Gasteiger partial charge in [-0.05, 0) is 286 Å². The third kappa shape index (κ3) is 13.8. The van der Waals surface area contributed by atoms with Crippen molar-refractivity contribution in [3.8, 4) is 111 Å². The summed E-state index contributed by atoms with van der Waals surface area (Å²) >= 11 is 0. The molecule has 0 bridgehead atoms. The van der Waals surface area contributed by atoms with E-state index >= 15 is 0 Å². The smallest absolute Gasteiger partial charge is 0.0622 e. The first-order chi connectivity index (χ1) is 72.3. The van der Waals surface area contributed by atoms with E-state index in [0.29, 0.717) is 5.56 Å². The highest BCUT2D eigenvalue weighted by atomic mass is 14.3. The molecule has 0 spiro atoms. The highest BCUT2D eigenvalue weighted by Crippen LogP contribution is 2.53. The molecule has 0 saturated heterocycles. The Morgan fingerprint density at radius 2 is 0.403 bits per heavy atom. The largest absolute Gasteiger partial charge is 0.0629 e. The molecule has 0 atom stereocenters. The maximum Gasteiger partial charge on any atom is 0.0629 e. The van der Waals surface area contributed by atoms with Gasteiger partial charge in [0.2, 0.25) is 0 Å². The molecular weight excluding hydrogens is 1610 g/mol. The van der Waals surface area contributed by atoms with E-state index in [4.69, 9.17) is 15.1 Å². The molecule has 622 valence electrons. The Kier molecular flexibility index (Phi) is 16.3. The lowest BCUT2D eigenvalue weighted by Gasteiger charge is -2.21. The van der Waals surface area contributed by atoms with Gasteiger partial charge < -0.3 is 0 Å². The fraction of sp³-hybridized carbons (Fsp3) is 0. The Bertz CT molecular complexity index is 10300. The lowest BCUT2D eigenvalue weighted by molar-refractivity contribution is 1.63. The van der Waals surface area contributed by atoms with Gasteiger partial charge in [-0.3, -0.25) is 0 Å². The molecule has 0 radical (unpaired) electrons. The summed E-state index contributed by atoms with van der Waals surface area (Å²) in [5.41, 5.74) is 19.5. The van der Waals surface area contributed by atoms with Gasteiger partial charge in [-0.1, -0.05) is 497 Å². The van der Waals surface area contributed by atoms with Gasteiger partial charge in [-0.25, -0.2) is 0 Å². The van der Waals surface area contributed by atoms with Crippen LogP contribution in [-0.4, -0.2) is 0 Å². The van der Waals surface area contributed by atoms with Crippen molar-refractivity contribution >= 4 is 151 Å². The third-order valence-electron chi connectivity index (χ3n) is 27.0. The molecule has 27 rings (SSSR count). The number of rotatable bonds is 10. The first kappa shape index (κ1) is 65.2. The standard InChI is InChI=1S/C50H32.C44H28.C40H26/c1-2-14-33(15-3-1)39-30-31-40(42-23-9-8-22-41(39)42)36-28-29-47-48(32-36)50(44-27-13-19-35-17-5-7-21-38(35)44)46-25-11-10-24-45(46)49(47)43-26-12-18-34-16-4-6-20-37(34)43;1-2-14-32-27-33(24-23-29(32)11-1)34-25-26-41-42(28-34)44(38-22-10-16-31-13-4-6-18-36(31)38)40-20-8-7-19-39(40)43(41)37-21-9-15-30-12-3-5-17-35(30)37;1-2-12-31-26-32(25-22-27(31)10-1)28-20-23-30(24-21-28)39-35-15-5-7-17-37(35)40(38-18-8-6-16-36(38)39)34-19-9-13-29-11-3-4-14-33(29)34/h1-32H;1-28H;1-26H/i;;3D,4D,5D,6D,7D,8D,9D,11D,13D,14D,15D,16D,17D,19D. The van der Waals surface area contributed by atoms with Gasteiger partial charge in [0.25, 0.3) is 0 Å². The molecule has 0 aliphatic rings. The topological polar surface area (TPSA) is 0 Å². The summed E-state index contributed by atoms with van der Waals surface area (Å²) < 4.78 is 123. The molecule has 0 nitrogen and oxygen atoms in total. The van der Waals surface area contributed by atoms with Crippen molar-refractivity contribution in [3.63, 3.8) is 0 Å². The molecule has 0 saturated carbocycles. The van der Waals surface area contributed by atoms with Crippen LogP contribution < -0.4 is 0 Å². The molecule has 0 amide bonds. The Hall–Kier alpha value is -17.4. The molecule has 0 N–H and O–H groups in total. The number of hydrogen-bond donors (Lipinski definition) is 0. The van der Waals surface area contributed by atoms with Crippen molar-refractivity contribution in [3.05, 3.63) is 521 Å². The number of benzene rings is 27. The molecule has 27 aromatic carbocycles. The summed E-state index contributed by atoms with van der Waals surface area (Å²) in [5, 5.41) is 26.5. The first-order valence-electron chi connectivity index (χ1n) is 52.3. The van der Waals surface area contributed by atoms with E-state index in [0.717, 1.165) is 21.9 Å². The molecule has 134 heavy (non-hydrogen) atoms. The summed E-state index contributed by atoms with van der Waals surface area (Å²) in [4.78, 5) is 0. The van der Waals surface area contributed by atoms with Crippen LogP contribution in [0.1, 0.15) is 19.2 Å². The van der Waals surface area contributed by atoms with Crippen LogP contribution in [0, 0.1) is 0 Å². The molecule has 0 heterocycles. The zero-order valence-electron chi connectivity index (χ0n) is 86.6. The van der Waals surface area contributed by atoms with Gasteiger partial charge in [0.15, 0.2) is 0 Å². The van der Waals surface area contributed by atoms with E-state index in [9.17, 15) is 4.11 Å². The zero-order chi connectivity index (χ0) is 101. The minimum absolute atomic E-state index is 0.00600. The van der Waals surface area contributed by atoms with Crippen LogP contribution in [0.2, 0.25) is 0 Å². The van der Waals surface area contributed by atoms with Crippen molar-refractivity contribution in [1.82, 2.24) is 0 Å². The second-order valence-corrected chi connectivity index (χ2v) is 34.3. The lowest BCUT2D eigenvalue weighted by atomic mass is 9.82. The fourth-order valence-electron chi connectivity index (χ4n) is 20.9. The van der Waals surface area contributed by atoms with Crippen LogP contribution >= 0.6 is 0 Å². The second kappa shape index (κ2) is 33.6. The number of fused-ring (bicyclic) bond motifs is 14. The van der Waals surface area contributed by atoms with Crippen LogP contribution in [0.15, 0.2) is 521 Å². The predicted octanol–water partition coefficient (Wildman–Crippen LogP) is 37.9. The maximum absolute atomic E-state index is 9.24. The van der Waals surface area contributed by atoms with Crippen LogP contribution in [0.5, 0.6) is 0 Å². The molecule has 0 aliphatic heterocycles. The highest BCUT2D eigenvalue weighted by Gasteiger charge is 2.25. The minimum atomic E-state index is -0.688. The fourth-order valence-corrected chi connectivity index (χ4v) is 20.9. The molecule has 0 aliphatic carbocycles. The predicted molar refractivity (Wildman–Crippen MR) is 579 cm³/mol. The monoisotopic (exact) mass is 1710 g/mol. The van der Waals surface area contributed by atoms with E-state index < -0.39 is 84.6 Å². The van der Waals surface area contributed by atoms with Crippen molar-refractivity contribution in [2.75, 3.05) is 0 Å². The molecule has 0 aromatic heterocycles. The maximum atomic E-state index is 9.24. The zero-order valence-corrected chi connectivity index (χ0v) is 72.6. The molecule has 27 aromatic rings. The Balaban J connectivity index is 0.000000116. The van der Waals surface area contributed by atoms with Gasteiger partial charge >= 0.3 is 0 Å². The summed E-state index contributed by atoms with van der Waals surface area (Å²) in [6, 6.07) is 148. The average Bonchev–Trinajstić information content (AvgIpc) is 0.689. The van der Waals surface area contributed by atoms with Crippen LogP contribution in [0.25, 0.3) is 262 Å². The Labute approximate surface area is 797 Å². The lowest BCUT2D eigenvalue weighted by Crippen LogP contribution is -1.93. The van der Waals surface area contributed by atoms with Crippen molar-refractivity contribution in [2.24, 2.45) is 0 Å². The SMILES string of the molecule is [2H]c1cc2c(-c3c([2H])c([2H])c([2H])c4c([2H])c([2H])c([2H])c([2H])c34)c3c([2H])c([2H])c([2H])c([2H])c3c(-c3ccc(-c4ccc5ccccc5c4)cc3)c2c([2H])c1[2H].c1ccc(-c2ccc(-c3ccc4c(-c5cccc6ccccc56)c5ccccc5c(-c5cccc6ccccc56)c4c3)c3ccccc23)cc1.c1ccc2cc(-c3ccc4c(-c5cccc6ccccc56)c5ccccc5c(-c5cccc6ccccc56)c4c3)ccc2c1. The Morgan fingerprint density at radius 3 is 0.888 bits per heavy atom. The quantitative estimate of drug-likeness (QED) is 0.120. The molecule has 0 unspecified atom stereocenters. The number of hydrogen-bond acceptors (Lipinski definition) is 0. The summed E-state index contributed by atoms with van der Waals surface area (Å²) in [6.45, 7) is 0. The van der Waals surface area contributed by atoms with E-state index in [1.807, 2.05) is 54.6 Å². The average molecular weight is 1710 g/mol. The molecule has 0 fully saturated rings.